The third-order valence-corrected chi connectivity index (χ3v) is 10.7. The van der Waals surface area contributed by atoms with Crippen molar-refractivity contribution in [2.24, 2.45) is 5.92 Å². The van der Waals surface area contributed by atoms with Crippen LogP contribution in [0.5, 0.6) is 0 Å². The molecule has 5 amide bonds. The maximum atomic E-state index is 13.6. The largest absolute Gasteiger partial charge is 0.369 e. The zero-order valence-corrected chi connectivity index (χ0v) is 27.1. The molecule has 2 bridgehead atoms. The second kappa shape index (κ2) is 11.2. The van der Waals surface area contributed by atoms with Gasteiger partial charge in [0.25, 0.3) is 17.7 Å². The molecule has 2 saturated heterocycles. The molecule has 12 heteroatoms. The smallest absolute Gasteiger partial charge is 0.262 e. The summed E-state index contributed by atoms with van der Waals surface area (Å²) in [5, 5.41) is 9.82. The molecule has 1 aromatic heterocycles. The van der Waals surface area contributed by atoms with Gasteiger partial charge in [-0.1, -0.05) is 17.9 Å². The van der Waals surface area contributed by atoms with Gasteiger partial charge in [0, 0.05) is 37.1 Å². The number of nitrogens with one attached hydrogen (secondary N) is 2. The Morgan fingerprint density at radius 2 is 1.78 bits per heavy atom. The van der Waals surface area contributed by atoms with E-state index in [4.69, 9.17) is 6.57 Å². The number of piperidine rings is 1. The summed E-state index contributed by atoms with van der Waals surface area (Å²) in [6.45, 7) is 12.5. The fourth-order valence-electron chi connectivity index (χ4n) is 7.90. The first-order valence-electron chi connectivity index (χ1n) is 16.6. The van der Waals surface area contributed by atoms with Crippen LogP contribution in [0.15, 0.2) is 42.7 Å². The highest BCUT2D eigenvalue weighted by atomic mass is 16.2. The predicted octanol–water partition coefficient (Wildman–Crippen LogP) is 4.06. The molecule has 0 spiro atoms. The first-order chi connectivity index (χ1) is 23.5. The summed E-state index contributed by atoms with van der Waals surface area (Å²) < 4.78 is 1.63. The van der Waals surface area contributed by atoms with Crippen molar-refractivity contribution in [1.29, 1.82) is 0 Å². The average molecular weight is 656 g/mol. The Hall–Kier alpha value is -5.75. The van der Waals surface area contributed by atoms with Crippen LogP contribution in [-0.4, -0.2) is 63.3 Å². The van der Waals surface area contributed by atoms with Crippen LogP contribution in [0, 0.1) is 24.3 Å². The van der Waals surface area contributed by atoms with Crippen LogP contribution in [0.25, 0.3) is 4.85 Å². The molecule has 49 heavy (non-hydrogen) atoms. The van der Waals surface area contributed by atoms with E-state index in [1.807, 2.05) is 26.0 Å². The molecule has 1 saturated carbocycles. The normalized spacial score (nSPS) is 22.6. The molecule has 3 atom stereocenters. The molecule has 2 aromatic carbocycles. The van der Waals surface area contributed by atoms with Gasteiger partial charge in [-0.25, -0.2) is 4.85 Å². The summed E-state index contributed by atoms with van der Waals surface area (Å²) in [6.07, 6.45) is 6.84. The van der Waals surface area contributed by atoms with E-state index < -0.39 is 35.2 Å². The van der Waals surface area contributed by atoms with Crippen molar-refractivity contribution in [1.82, 2.24) is 20.0 Å². The Kier molecular flexibility index (Phi) is 6.97. The molecule has 246 valence electrons. The van der Waals surface area contributed by atoms with E-state index in [-0.39, 0.29) is 35.8 Å². The Morgan fingerprint density at radius 3 is 2.53 bits per heavy atom. The van der Waals surface area contributed by atoms with E-state index in [0.717, 1.165) is 46.7 Å². The van der Waals surface area contributed by atoms with E-state index in [1.54, 1.807) is 35.3 Å². The molecule has 5 aliphatic rings. The first kappa shape index (κ1) is 30.6. The van der Waals surface area contributed by atoms with E-state index in [2.05, 4.69) is 37.3 Å². The first-order valence-corrected chi connectivity index (χ1v) is 16.6. The number of rotatable bonds is 5. The summed E-state index contributed by atoms with van der Waals surface area (Å²) in [7, 11) is 0. The quantitative estimate of drug-likeness (QED) is 0.240. The van der Waals surface area contributed by atoms with Crippen molar-refractivity contribution in [2.45, 2.75) is 69.4 Å². The number of hydrogen-bond donors (Lipinski definition) is 2. The number of imide groups is 2. The number of nitrogens with zero attached hydrogens (tertiary/aromatic N) is 5. The molecule has 12 nitrogen and oxygen atoms in total. The highest BCUT2D eigenvalue weighted by Crippen LogP contribution is 2.58. The average Bonchev–Trinajstić information content (AvgIpc) is 3.86. The Balaban J connectivity index is 0.906. The zero-order chi connectivity index (χ0) is 34.2. The predicted molar refractivity (Wildman–Crippen MR) is 178 cm³/mol. The van der Waals surface area contributed by atoms with Crippen molar-refractivity contribution in [3.05, 3.63) is 82.0 Å². The Labute approximate surface area is 282 Å². The number of carbonyl (C=O) groups excluding carboxylic acids is 5. The zero-order valence-electron chi connectivity index (χ0n) is 27.1. The molecule has 2 N–H and O–H groups in total. The van der Waals surface area contributed by atoms with Crippen LogP contribution >= 0.6 is 0 Å². The molecule has 3 aliphatic heterocycles. The summed E-state index contributed by atoms with van der Waals surface area (Å²) in [6, 6.07) is 7.76. The number of carbonyl (C=O) groups is 5. The molecule has 0 radical (unpaired) electrons. The van der Waals surface area contributed by atoms with Gasteiger partial charge in [-0.05, 0) is 86.8 Å². The number of anilines is 2. The van der Waals surface area contributed by atoms with Crippen molar-refractivity contribution in [2.75, 3.05) is 23.3 Å². The van der Waals surface area contributed by atoms with Crippen LogP contribution in [0.1, 0.15) is 95.2 Å². The van der Waals surface area contributed by atoms with Gasteiger partial charge in [0.1, 0.15) is 11.6 Å². The number of hydrogen-bond acceptors (Lipinski definition) is 7. The van der Waals surface area contributed by atoms with Gasteiger partial charge >= 0.3 is 0 Å². The van der Waals surface area contributed by atoms with Gasteiger partial charge in [0.15, 0.2) is 5.69 Å². The van der Waals surface area contributed by atoms with Crippen LogP contribution in [0.4, 0.5) is 17.1 Å². The molecule has 2 aliphatic carbocycles. The molecule has 4 heterocycles. The van der Waals surface area contributed by atoms with Gasteiger partial charge in [-0.15, -0.1) is 0 Å². The lowest BCUT2D eigenvalue weighted by atomic mass is 9.89. The number of fused-ring (bicyclic) bond motifs is 6. The Morgan fingerprint density at radius 1 is 1.02 bits per heavy atom. The van der Waals surface area contributed by atoms with Gasteiger partial charge in [0.05, 0.1) is 35.4 Å². The van der Waals surface area contributed by atoms with E-state index in [9.17, 15) is 24.0 Å². The van der Waals surface area contributed by atoms with Crippen LogP contribution in [-0.2, 0) is 19.9 Å². The van der Waals surface area contributed by atoms with Gasteiger partial charge < -0.3 is 10.2 Å². The van der Waals surface area contributed by atoms with E-state index in [0.29, 0.717) is 36.2 Å². The lowest BCUT2D eigenvalue weighted by molar-refractivity contribution is -0.136. The third-order valence-electron chi connectivity index (χ3n) is 10.7. The lowest BCUT2D eigenvalue weighted by Crippen LogP contribution is -2.54. The highest BCUT2D eigenvalue weighted by molar-refractivity contribution is 6.23. The molecule has 8 rings (SSSR count). The fraction of sp³-hybridized carbons (Fsp3) is 0.378. The molecular weight excluding hydrogens is 622 g/mol. The maximum Gasteiger partial charge on any atom is 0.262 e. The van der Waals surface area contributed by atoms with Crippen LogP contribution in [0.2, 0.25) is 0 Å². The summed E-state index contributed by atoms with van der Waals surface area (Å²) >= 11 is 0. The van der Waals surface area contributed by atoms with Crippen LogP contribution < -0.4 is 15.5 Å². The number of benzene rings is 2. The monoisotopic (exact) mass is 655 g/mol. The standard InChI is InChI=1S/C37H33N7O5/c1-37(2,36(49)40-28-11-10-27(38-3)31-22-6-7-23(14-22)32(28)31)43-19-20(16-39-43)4-5-21-17-42(18-21)24-8-9-25-26(15-24)35(48)44(34(25)47)29-12-13-30(45)41-33(29)46/h8-11,15-16,19,21-23,29H,6-7,12-14,17-18H2,1-2H3,(H,40,49)(H,41,45,46). The molecular formula is C37H33N7O5. The number of aromatic nitrogens is 2. The molecule has 3 unspecified atom stereocenters. The molecule has 3 aromatic rings. The van der Waals surface area contributed by atoms with Crippen molar-refractivity contribution < 1.29 is 24.0 Å². The molecule has 3 fully saturated rings. The lowest BCUT2D eigenvalue weighted by Gasteiger charge is -2.38. The topological polar surface area (TPSA) is 138 Å². The SMILES string of the molecule is [C-]#[N+]c1ccc(NC(=O)C(C)(C)n2cc(C#CC3CN(c4ccc5c(c4)C(=O)N(C4CCC(=O)NC4=O)C5=O)C3)cn2)c2c1C1CCC2C1. The minimum absolute atomic E-state index is 0.0704. The van der Waals surface area contributed by atoms with Gasteiger partial charge in [-0.3, -0.25) is 38.9 Å². The second-order valence-electron chi connectivity index (χ2n) is 14.0. The maximum absolute atomic E-state index is 13.6. The van der Waals surface area contributed by atoms with Gasteiger partial charge in [-0.2, -0.15) is 5.10 Å². The highest BCUT2D eigenvalue weighted by Gasteiger charge is 2.45. The fourth-order valence-corrected chi connectivity index (χ4v) is 7.90. The van der Waals surface area contributed by atoms with E-state index >= 15 is 0 Å². The van der Waals surface area contributed by atoms with E-state index in [1.165, 1.54) is 0 Å². The second-order valence-corrected chi connectivity index (χ2v) is 14.0. The Bertz CT molecular complexity index is 2110. The summed E-state index contributed by atoms with van der Waals surface area (Å²) in [5.41, 5.74) is 4.71. The minimum Gasteiger partial charge on any atom is -0.369 e. The van der Waals surface area contributed by atoms with Gasteiger partial charge in [0.2, 0.25) is 11.8 Å². The summed E-state index contributed by atoms with van der Waals surface area (Å²) in [4.78, 5) is 70.5. The minimum atomic E-state index is -0.999. The van der Waals surface area contributed by atoms with Crippen LogP contribution in [0.3, 0.4) is 0 Å². The van der Waals surface area contributed by atoms with Crippen molar-refractivity contribution in [3.63, 3.8) is 0 Å². The van der Waals surface area contributed by atoms with Crippen molar-refractivity contribution >= 4 is 46.6 Å². The number of amides is 5. The summed E-state index contributed by atoms with van der Waals surface area (Å²) in [5.74, 6) is 5.03. The van der Waals surface area contributed by atoms with Crippen molar-refractivity contribution in [3.8, 4) is 11.8 Å². The third kappa shape index (κ3) is 4.90.